The molecule has 0 spiro atoms. The first kappa shape index (κ1) is 16.1. The first-order valence-electron chi connectivity index (χ1n) is 7.43. The van der Waals surface area contributed by atoms with Gasteiger partial charge in [-0.1, -0.05) is 18.2 Å². The lowest BCUT2D eigenvalue weighted by molar-refractivity contribution is -0.385. The summed E-state index contributed by atoms with van der Waals surface area (Å²) >= 11 is 0. The lowest BCUT2D eigenvalue weighted by atomic mass is 10.1. The van der Waals surface area contributed by atoms with Crippen molar-refractivity contribution in [2.45, 2.75) is 13.0 Å². The number of benzene rings is 1. The number of nitrogens with zero attached hydrogens (tertiary/aromatic N) is 4. The van der Waals surface area contributed by atoms with E-state index in [9.17, 15) is 14.9 Å². The van der Waals surface area contributed by atoms with Gasteiger partial charge in [0.1, 0.15) is 5.65 Å². The molecular formula is C17H13N5O3. The molecule has 1 atom stereocenters. The summed E-state index contributed by atoms with van der Waals surface area (Å²) < 4.78 is 1.13. The topological polar surface area (TPSA) is 113 Å². The van der Waals surface area contributed by atoms with E-state index in [0.717, 1.165) is 9.96 Å². The smallest absolute Gasteiger partial charge is 0.358 e. The van der Waals surface area contributed by atoms with Gasteiger partial charge in [0.15, 0.2) is 0 Å². The van der Waals surface area contributed by atoms with E-state index in [4.69, 9.17) is 5.26 Å². The molecule has 0 aliphatic carbocycles. The molecule has 1 unspecified atom stereocenters. The third-order valence-electron chi connectivity index (χ3n) is 3.76. The Morgan fingerprint density at radius 1 is 1.32 bits per heavy atom. The molecular weight excluding hydrogens is 322 g/mol. The third kappa shape index (κ3) is 3.03. The van der Waals surface area contributed by atoms with E-state index in [1.165, 1.54) is 6.20 Å². The molecule has 1 aromatic carbocycles. The maximum atomic E-state index is 12.4. The van der Waals surface area contributed by atoms with Crippen LogP contribution >= 0.6 is 0 Å². The third-order valence-corrected chi connectivity index (χ3v) is 3.76. The van der Waals surface area contributed by atoms with Crippen molar-refractivity contribution in [3.63, 3.8) is 0 Å². The number of hydrogen-bond donors (Lipinski definition) is 1. The summed E-state index contributed by atoms with van der Waals surface area (Å²) in [5.41, 5.74) is 0.164. The summed E-state index contributed by atoms with van der Waals surface area (Å²) in [6.07, 6.45) is 1.43. The quantitative estimate of drug-likeness (QED) is 0.579. The van der Waals surface area contributed by atoms with Crippen molar-refractivity contribution in [3.8, 4) is 6.07 Å². The van der Waals surface area contributed by atoms with Crippen LogP contribution in [-0.4, -0.2) is 14.3 Å². The van der Waals surface area contributed by atoms with Crippen molar-refractivity contribution in [2.75, 3.05) is 5.32 Å². The van der Waals surface area contributed by atoms with E-state index in [0.29, 0.717) is 11.2 Å². The molecule has 2 aromatic heterocycles. The van der Waals surface area contributed by atoms with Gasteiger partial charge in [0.25, 0.3) is 0 Å². The predicted octanol–water partition coefficient (Wildman–Crippen LogP) is 2.65. The van der Waals surface area contributed by atoms with E-state index >= 15 is 0 Å². The van der Waals surface area contributed by atoms with Crippen LogP contribution in [0.15, 0.2) is 53.5 Å². The van der Waals surface area contributed by atoms with Crippen LogP contribution < -0.4 is 10.9 Å². The SMILES string of the molecule is CC(Nc1nc2ccccn2c(=O)c1[N+](=O)[O-])c1cccc(C#N)c1. The molecule has 3 rings (SSSR count). The zero-order chi connectivity index (χ0) is 18.0. The van der Waals surface area contributed by atoms with Crippen molar-refractivity contribution >= 4 is 17.2 Å². The van der Waals surface area contributed by atoms with Gasteiger partial charge in [-0.3, -0.25) is 19.3 Å². The lowest BCUT2D eigenvalue weighted by Crippen LogP contribution is -2.22. The number of pyridine rings is 1. The van der Waals surface area contributed by atoms with Gasteiger partial charge in [-0.25, -0.2) is 4.98 Å². The number of nitro groups is 1. The highest BCUT2D eigenvalue weighted by molar-refractivity contribution is 5.60. The largest absolute Gasteiger partial charge is 0.376 e. The van der Waals surface area contributed by atoms with Crippen LogP contribution in [0, 0.1) is 21.4 Å². The molecule has 0 saturated carbocycles. The van der Waals surface area contributed by atoms with E-state index in [1.54, 1.807) is 49.4 Å². The van der Waals surface area contributed by atoms with Crippen LogP contribution in [0.25, 0.3) is 5.65 Å². The highest BCUT2D eigenvalue weighted by Gasteiger charge is 2.24. The molecule has 124 valence electrons. The van der Waals surface area contributed by atoms with Crippen molar-refractivity contribution in [2.24, 2.45) is 0 Å². The summed E-state index contributed by atoms with van der Waals surface area (Å²) in [4.78, 5) is 27.3. The molecule has 0 amide bonds. The van der Waals surface area contributed by atoms with Gasteiger partial charge in [-0.2, -0.15) is 5.26 Å². The fourth-order valence-corrected chi connectivity index (χ4v) is 2.51. The van der Waals surface area contributed by atoms with Gasteiger partial charge in [-0.05, 0) is 36.8 Å². The first-order valence-corrected chi connectivity index (χ1v) is 7.43. The van der Waals surface area contributed by atoms with E-state index < -0.39 is 16.2 Å². The highest BCUT2D eigenvalue weighted by Crippen LogP contribution is 2.24. The van der Waals surface area contributed by atoms with Crippen LogP contribution in [0.4, 0.5) is 11.5 Å². The van der Waals surface area contributed by atoms with E-state index in [2.05, 4.69) is 10.3 Å². The monoisotopic (exact) mass is 335 g/mol. The Hall–Kier alpha value is -3.73. The fraction of sp³-hybridized carbons (Fsp3) is 0.118. The number of aromatic nitrogens is 2. The van der Waals surface area contributed by atoms with Crippen molar-refractivity contribution in [1.29, 1.82) is 5.26 Å². The zero-order valence-electron chi connectivity index (χ0n) is 13.2. The van der Waals surface area contributed by atoms with E-state index in [1.807, 2.05) is 6.07 Å². The van der Waals surface area contributed by atoms with Crippen LogP contribution in [0.5, 0.6) is 0 Å². The van der Waals surface area contributed by atoms with Gasteiger partial charge in [0.05, 0.1) is 22.6 Å². The molecule has 0 saturated heterocycles. The van der Waals surface area contributed by atoms with Crippen molar-refractivity contribution in [3.05, 3.63) is 80.3 Å². The number of anilines is 1. The minimum Gasteiger partial charge on any atom is -0.358 e. The summed E-state index contributed by atoms with van der Waals surface area (Å²) in [6.45, 7) is 1.77. The fourth-order valence-electron chi connectivity index (χ4n) is 2.51. The Kier molecular flexibility index (Phi) is 4.14. The van der Waals surface area contributed by atoms with Crippen LogP contribution in [0.1, 0.15) is 24.1 Å². The molecule has 8 nitrogen and oxygen atoms in total. The molecule has 2 heterocycles. The van der Waals surface area contributed by atoms with Gasteiger partial charge >= 0.3 is 11.2 Å². The molecule has 3 aromatic rings. The molecule has 0 bridgehead atoms. The molecule has 0 aliphatic heterocycles. The average Bonchev–Trinajstić information content (AvgIpc) is 2.61. The molecule has 0 fully saturated rings. The van der Waals surface area contributed by atoms with Gasteiger partial charge in [-0.15, -0.1) is 0 Å². The molecule has 0 radical (unpaired) electrons. The summed E-state index contributed by atoms with van der Waals surface area (Å²) in [5.74, 6) is -0.101. The second-order valence-electron chi connectivity index (χ2n) is 5.40. The molecule has 8 heteroatoms. The maximum absolute atomic E-state index is 12.4. The highest BCUT2D eigenvalue weighted by atomic mass is 16.6. The van der Waals surface area contributed by atoms with Gasteiger partial charge in [0.2, 0.25) is 5.82 Å². The minimum atomic E-state index is -0.754. The number of fused-ring (bicyclic) bond motifs is 1. The second-order valence-corrected chi connectivity index (χ2v) is 5.40. The number of hydrogen-bond acceptors (Lipinski definition) is 6. The second kappa shape index (κ2) is 6.41. The summed E-state index contributed by atoms with van der Waals surface area (Å²) in [5, 5.41) is 23.3. The first-order chi connectivity index (χ1) is 12.0. The van der Waals surface area contributed by atoms with Crippen molar-refractivity contribution < 1.29 is 4.92 Å². The Labute approximate surface area is 142 Å². The lowest BCUT2D eigenvalue weighted by Gasteiger charge is -2.15. The summed E-state index contributed by atoms with van der Waals surface area (Å²) in [7, 11) is 0. The maximum Gasteiger partial charge on any atom is 0.376 e. The molecule has 1 N–H and O–H groups in total. The Morgan fingerprint density at radius 3 is 2.84 bits per heavy atom. The number of nitriles is 1. The summed E-state index contributed by atoms with van der Waals surface area (Å²) in [6, 6.07) is 13.4. The Balaban J connectivity index is 2.08. The average molecular weight is 335 g/mol. The molecule has 25 heavy (non-hydrogen) atoms. The molecule has 0 aliphatic rings. The van der Waals surface area contributed by atoms with Gasteiger partial charge < -0.3 is 5.32 Å². The standard InChI is InChI=1S/C17H13N5O3/c1-11(13-6-4-5-12(9-13)10-18)19-16-15(22(24)25)17(23)21-8-3-2-7-14(21)20-16/h2-9,11,19H,1H3. The van der Waals surface area contributed by atoms with Crippen LogP contribution in [0.2, 0.25) is 0 Å². The Bertz CT molecular complexity index is 1070. The Morgan fingerprint density at radius 2 is 2.12 bits per heavy atom. The predicted molar refractivity (Wildman–Crippen MR) is 91.3 cm³/mol. The number of rotatable bonds is 4. The normalized spacial score (nSPS) is 11.7. The van der Waals surface area contributed by atoms with Crippen molar-refractivity contribution in [1.82, 2.24) is 9.38 Å². The van der Waals surface area contributed by atoms with E-state index in [-0.39, 0.29) is 11.9 Å². The van der Waals surface area contributed by atoms with Crippen LogP contribution in [-0.2, 0) is 0 Å². The minimum absolute atomic E-state index is 0.101. The zero-order valence-corrected chi connectivity index (χ0v) is 13.2. The number of nitrogens with one attached hydrogen (secondary N) is 1. The van der Waals surface area contributed by atoms with Gasteiger partial charge in [0, 0.05) is 6.20 Å². The van der Waals surface area contributed by atoms with Crippen LogP contribution in [0.3, 0.4) is 0 Å².